The molecule has 1 aliphatic heterocycles. The number of rotatable bonds is 7. The summed E-state index contributed by atoms with van der Waals surface area (Å²) >= 11 is 5.44. The molecule has 5 nitrogen and oxygen atoms in total. The van der Waals surface area contributed by atoms with Crippen molar-refractivity contribution in [2.24, 2.45) is 5.92 Å². The first-order valence-corrected chi connectivity index (χ1v) is 7.92. The second-order valence-corrected chi connectivity index (χ2v) is 6.44. The number of nitrogens with zero attached hydrogens (tertiary/aromatic N) is 1. The third-order valence-corrected chi connectivity index (χ3v) is 4.45. The van der Waals surface area contributed by atoms with E-state index in [4.69, 9.17) is 16.3 Å². The van der Waals surface area contributed by atoms with E-state index in [9.17, 15) is 8.42 Å². The highest BCUT2D eigenvalue weighted by Crippen LogP contribution is 2.17. The van der Waals surface area contributed by atoms with Crippen molar-refractivity contribution in [3.63, 3.8) is 0 Å². The molecule has 0 saturated carbocycles. The Labute approximate surface area is 109 Å². The SMILES string of the molecule is CC1CCCN(S(=O)(=O)NCCOCCCl)C1. The van der Waals surface area contributed by atoms with Gasteiger partial charge in [0.1, 0.15) is 0 Å². The first-order valence-electron chi connectivity index (χ1n) is 5.94. The molecule has 1 rings (SSSR count). The van der Waals surface area contributed by atoms with Crippen molar-refractivity contribution < 1.29 is 13.2 Å². The van der Waals surface area contributed by atoms with Crippen LogP contribution in [0.2, 0.25) is 0 Å². The van der Waals surface area contributed by atoms with E-state index in [-0.39, 0.29) is 0 Å². The molecule has 0 aromatic heterocycles. The van der Waals surface area contributed by atoms with E-state index in [1.54, 1.807) is 0 Å². The monoisotopic (exact) mass is 284 g/mol. The molecule has 7 heteroatoms. The van der Waals surface area contributed by atoms with Gasteiger partial charge in [0.15, 0.2) is 0 Å². The van der Waals surface area contributed by atoms with Crippen LogP contribution in [-0.2, 0) is 14.9 Å². The summed E-state index contributed by atoms with van der Waals surface area (Å²) in [7, 11) is -3.33. The number of halogens is 1. The van der Waals surface area contributed by atoms with Gasteiger partial charge in [0, 0.05) is 25.5 Å². The Balaban J connectivity index is 2.29. The summed E-state index contributed by atoms with van der Waals surface area (Å²) in [6.07, 6.45) is 2.04. The van der Waals surface area contributed by atoms with Crippen molar-refractivity contribution >= 4 is 21.8 Å². The average Bonchev–Trinajstić information content (AvgIpc) is 2.29. The van der Waals surface area contributed by atoms with Crippen molar-refractivity contribution in [2.75, 3.05) is 38.7 Å². The fourth-order valence-electron chi connectivity index (χ4n) is 1.86. The van der Waals surface area contributed by atoms with Crippen LogP contribution in [-0.4, -0.2) is 51.5 Å². The Hall–Kier alpha value is 0.120. The lowest BCUT2D eigenvalue weighted by Gasteiger charge is -2.29. The fraction of sp³-hybridized carbons (Fsp3) is 1.00. The van der Waals surface area contributed by atoms with Crippen LogP contribution in [0.3, 0.4) is 0 Å². The summed E-state index contributed by atoms with van der Waals surface area (Å²) in [5, 5.41) is 0. The third-order valence-electron chi connectivity index (χ3n) is 2.71. The van der Waals surface area contributed by atoms with Crippen molar-refractivity contribution in [1.29, 1.82) is 0 Å². The van der Waals surface area contributed by atoms with Gasteiger partial charge in [-0.15, -0.1) is 11.6 Å². The number of nitrogens with one attached hydrogen (secondary N) is 1. The van der Waals surface area contributed by atoms with Crippen LogP contribution >= 0.6 is 11.6 Å². The zero-order chi connectivity index (χ0) is 12.7. The van der Waals surface area contributed by atoms with Gasteiger partial charge in [0.05, 0.1) is 13.2 Å². The summed E-state index contributed by atoms with van der Waals surface area (Å²) in [4.78, 5) is 0. The van der Waals surface area contributed by atoms with Gasteiger partial charge in [-0.3, -0.25) is 0 Å². The van der Waals surface area contributed by atoms with Crippen molar-refractivity contribution in [2.45, 2.75) is 19.8 Å². The normalized spacial score (nSPS) is 22.8. The van der Waals surface area contributed by atoms with E-state index in [0.717, 1.165) is 12.8 Å². The van der Waals surface area contributed by atoms with Gasteiger partial charge in [0.25, 0.3) is 10.2 Å². The first kappa shape index (κ1) is 15.2. The number of hydrogen-bond donors (Lipinski definition) is 1. The molecule has 0 radical (unpaired) electrons. The molecule has 1 aliphatic rings. The zero-order valence-electron chi connectivity index (χ0n) is 10.2. The molecule has 1 fully saturated rings. The first-order chi connectivity index (χ1) is 8.06. The van der Waals surface area contributed by atoms with Gasteiger partial charge in [0.2, 0.25) is 0 Å². The van der Waals surface area contributed by atoms with E-state index in [0.29, 0.717) is 44.6 Å². The molecule has 0 amide bonds. The van der Waals surface area contributed by atoms with E-state index in [1.165, 1.54) is 4.31 Å². The largest absolute Gasteiger partial charge is 0.379 e. The number of hydrogen-bond acceptors (Lipinski definition) is 3. The van der Waals surface area contributed by atoms with Crippen LogP contribution in [0.15, 0.2) is 0 Å². The maximum absolute atomic E-state index is 11.9. The average molecular weight is 285 g/mol. The molecule has 0 bridgehead atoms. The minimum absolute atomic E-state index is 0.296. The highest BCUT2D eigenvalue weighted by atomic mass is 35.5. The highest BCUT2D eigenvalue weighted by Gasteiger charge is 2.26. The van der Waals surface area contributed by atoms with Crippen LogP contribution in [0, 0.1) is 5.92 Å². The van der Waals surface area contributed by atoms with Gasteiger partial charge < -0.3 is 4.74 Å². The molecule has 1 heterocycles. The summed E-state index contributed by atoms with van der Waals surface area (Å²) in [6.45, 7) is 4.40. The standard InChI is InChI=1S/C10H21ClN2O3S/c1-10-3-2-6-13(9-10)17(14,15)12-5-8-16-7-4-11/h10,12H,2-9H2,1H3. The van der Waals surface area contributed by atoms with Crippen molar-refractivity contribution in [3.05, 3.63) is 0 Å². The fourth-order valence-corrected chi connectivity index (χ4v) is 3.31. The molecule has 1 atom stereocenters. The molecule has 0 aromatic carbocycles. The van der Waals surface area contributed by atoms with Crippen LogP contribution in [0.1, 0.15) is 19.8 Å². The quantitative estimate of drug-likeness (QED) is 0.556. The summed E-state index contributed by atoms with van der Waals surface area (Å²) in [5.41, 5.74) is 0. The molecule has 17 heavy (non-hydrogen) atoms. The van der Waals surface area contributed by atoms with E-state index in [1.807, 2.05) is 0 Å². The van der Waals surface area contributed by atoms with E-state index < -0.39 is 10.2 Å². The van der Waals surface area contributed by atoms with Crippen LogP contribution in [0.5, 0.6) is 0 Å². The Bertz CT molecular complexity index is 311. The minimum Gasteiger partial charge on any atom is -0.379 e. The van der Waals surface area contributed by atoms with E-state index in [2.05, 4.69) is 11.6 Å². The molecule has 102 valence electrons. The number of ether oxygens (including phenoxy) is 1. The van der Waals surface area contributed by atoms with E-state index >= 15 is 0 Å². The molecule has 0 aromatic rings. The molecule has 0 aliphatic carbocycles. The summed E-state index contributed by atoms with van der Waals surface area (Å²) in [5.74, 6) is 0.865. The minimum atomic E-state index is -3.33. The summed E-state index contributed by atoms with van der Waals surface area (Å²) in [6, 6.07) is 0. The predicted molar refractivity (Wildman–Crippen MR) is 68.4 cm³/mol. The molecule has 0 spiro atoms. The molecular weight excluding hydrogens is 264 g/mol. The topological polar surface area (TPSA) is 58.6 Å². The van der Waals surface area contributed by atoms with Crippen molar-refractivity contribution in [3.8, 4) is 0 Å². The second kappa shape index (κ2) is 7.53. The molecule has 1 saturated heterocycles. The van der Waals surface area contributed by atoms with Crippen molar-refractivity contribution in [1.82, 2.24) is 9.03 Å². The van der Waals surface area contributed by atoms with Crippen LogP contribution in [0.25, 0.3) is 0 Å². The zero-order valence-corrected chi connectivity index (χ0v) is 11.8. The lowest BCUT2D eigenvalue weighted by molar-refractivity contribution is 0.154. The maximum Gasteiger partial charge on any atom is 0.279 e. The Morgan fingerprint density at radius 3 is 2.88 bits per heavy atom. The van der Waals surface area contributed by atoms with Crippen LogP contribution < -0.4 is 4.72 Å². The van der Waals surface area contributed by atoms with Gasteiger partial charge in [-0.25, -0.2) is 0 Å². The van der Waals surface area contributed by atoms with Gasteiger partial charge in [-0.05, 0) is 18.8 Å². The molecular formula is C10H21ClN2O3S. The Morgan fingerprint density at radius 2 is 2.24 bits per heavy atom. The van der Waals surface area contributed by atoms with Gasteiger partial charge >= 0.3 is 0 Å². The van der Waals surface area contributed by atoms with Gasteiger partial charge in [-0.2, -0.15) is 17.4 Å². The lowest BCUT2D eigenvalue weighted by Crippen LogP contribution is -2.46. The number of alkyl halides is 1. The predicted octanol–water partition coefficient (Wildman–Crippen LogP) is 0.808. The molecule has 1 N–H and O–H groups in total. The Morgan fingerprint density at radius 1 is 1.47 bits per heavy atom. The second-order valence-electron chi connectivity index (χ2n) is 4.31. The third kappa shape index (κ3) is 5.52. The summed E-state index contributed by atoms with van der Waals surface area (Å²) < 4.78 is 33.0. The van der Waals surface area contributed by atoms with Gasteiger partial charge in [-0.1, -0.05) is 6.92 Å². The number of piperidine rings is 1. The lowest BCUT2D eigenvalue weighted by atomic mass is 10.0. The highest BCUT2D eigenvalue weighted by molar-refractivity contribution is 7.87. The van der Waals surface area contributed by atoms with Crippen LogP contribution in [0.4, 0.5) is 0 Å². The Kier molecular flexibility index (Phi) is 6.72. The smallest absolute Gasteiger partial charge is 0.279 e. The molecule has 1 unspecified atom stereocenters. The maximum atomic E-state index is 11.9.